The summed E-state index contributed by atoms with van der Waals surface area (Å²) < 4.78 is 0. The predicted octanol–water partition coefficient (Wildman–Crippen LogP) is 3.91. The number of amides is 3. The third-order valence-corrected chi connectivity index (χ3v) is 5.53. The van der Waals surface area contributed by atoms with Gasteiger partial charge in [-0.25, -0.2) is 0 Å². The Morgan fingerprint density at radius 3 is 2.57 bits per heavy atom. The molecule has 0 radical (unpaired) electrons. The molecule has 0 spiro atoms. The summed E-state index contributed by atoms with van der Waals surface area (Å²) in [4.78, 5) is 38.5. The molecule has 1 fully saturated rings. The second-order valence-electron chi connectivity index (χ2n) is 7.53. The molecule has 158 valence electrons. The molecule has 7 heteroatoms. The maximum absolute atomic E-state index is 12.9. The number of rotatable bonds is 7. The monoisotopic (exact) mass is 427 g/mol. The molecule has 1 heterocycles. The third kappa shape index (κ3) is 5.19. The average Bonchev–Trinajstić information content (AvgIpc) is 3.02. The van der Waals surface area contributed by atoms with Gasteiger partial charge in [0.2, 0.25) is 17.7 Å². The summed E-state index contributed by atoms with van der Waals surface area (Å²) in [5.41, 5.74) is 2.49. The van der Waals surface area contributed by atoms with Gasteiger partial charge in [-0.15, -0.1) is 0 Å². The minimum Gasteiger partial charge on any atom is -0.352 e. The molecule has 0 bridgehead atoms. The predicted molar refractivity (Wildman–Crippen MR) is 117 cm³/mol. The number of carbonyl (C=O) groups is 3. The van der Waals surface area contributed by atoms with Crippen LogP contribution in [0.3, 0.4) is 0 Å². The van der Waals surface area contributed by atoms with E-state index in [4.69, 9.17) is 11.6 Å². The summed E-state index contributed by atoms with van der Waals surface area (Å²) >= 11 is 6.11. The van der Waals surface area contributed by atoms with Gasteiger partial charge in [0.25, 0.3) is 0 Å². The standard InChI is InChI=1S/C23H26ClN3O3/c1-3-5-20(28)26-18-10-8-15(9-11-18)14-25-23(30)19-13-21(29)27(2)22(19)16-6-4-7-17(24)12-16/h4,6-12,19,22H,3,5,13-14H2,1-2H3,(H,25,30)(H,26,28). The van der Waals surface area contributed by atoms with E-state index in [-0.39, 0.29) is 30.2 Å². The van der Waals surface area contributed by atoms with Crippen molar-refractivity contribution in [2.24, 2.45) is 5.92 Å². The Hall–Kier alpha value is -2.86. The summed E-state index contributed by atoms with van der Waals surface area (Å²) in [7, 11) is 1.72. The van der Waals surface area contributed by atoms with Crippen LogP contribution >= 0.6 is 11.6 Å². The van der Waals surface area contributed by atoms with E-state index in [1.165, 1.54) is 0 Å². The number of hydrogen-bond donors (Lipinski definition) is 2. The fourth-order valence-electron chi connectivity index (χ4n) is 3.73. The summed E-state index contributed by atoms with van der Waals surface area (Å²) in [5.74, 6) is -0.723. The highest BCUT2D eigenvalue weighted by molar-refractivity contribution is 6.30. The average molecular weight is 428 g/mol. The van der Waals surface area contributed by atoms with Crippen molar-refractivity contribution in [3.63, 3.8) is 0 Å². The maximum atomic E-state index is 12.9. The van der Waals surface area contributed by atoms with E-state index in [0.717, 1.165) is 23.2 Å². The second-order valence-corrected chi connectivity index (χ2v) is 7.96. The number of anilines is 1. The van der Waals surface area contributed by atoms with Gasteiger partial charge in [0.1, 0.15) is 0 Å². The van der Waals surface area contributed by atoms with Gasteiger partial charge in [-0.1, -0.05) is 42.8 Å². The van der Waals surface area contributed by atoms with Crippen LogP contribution in [0.1, 0.15) is 43.4 Å². The molecular weight excluding hydrogens is 402 g/mol. The lowest BCUT2D eigenvalue weighted by Gasteiger charge is -2.25. The molecule has 1 aliphatic heterocycles. The fourth-order valence-corrected chi connectivity index (χ4v) is 3.93. The number of hydrogen-bond acceptors (Lipinski definition) is 3. The molecule has 30 heavy (non-hydrogen) atoms. The first-order valence-electron chi connectivity index (χ1n) is 10.1. The van der Waals surface area contributed by atoms with Crippen LogP contribution in [0.15, 0.2) is 48.5 Å². The van der Waals surface area contributed by atoms with Gasteiger partial charge in [0, 0.05) is 37.1 Å². The van der Waals surface area contributed by atoms with Crippen LogP contribution in [0.25, 0.3) is 0 Å². The van der Waals surface area contributed by atoms with Crippen molar-refractivity contribution in [3.8, 4) is 0 Å². The highest BCUT2D eigenvalue weighted by Gasteiger charge is 2.42. The molecule has 6 nitrogen and oxygen atoms in total. The van der Waals surface area contributed by atoms with Gasteiger partial charge in [-0.2, -0.15) is 0 Å². The van der Waals surface area contributed by atoms with Crippen LogP contribution in [0, 0.1) is 5.92 Å². The lowest BCUT2D eigenvalue weighted by atomic mass is 9.93. The van der Waals surface area contributed by atoms with Crippen molar-refractivity contribution in [2.75, 3.05) is 12.4 Å². The minimum atomic E-state index is -0.478. The zero-order valence-electron chi connectivity index (χ0n) is 17.2. The van der Waals surface area contributed by atoms with Crippen molar-refractivity contribution in [2.45, 2.75) is 38.8 Å². The van der Waals surface area contributed by atoms with E-state index in [9.17, 15) is 14.4 Å². The van der Waals surface area contributed by atoms with Crippen molar-refractivity contribution >= 4 is 35.0 Å². The molecule has 2 atom stereocenters. The van der Waals surface area contributed by atoms with Gasteiger partial charge in [-0.3, -0.25) is 14.4 Å². The molecule has 0 saturated carbocycles. The topological polar surface area (TPSA) is 78.5 Å². The zero-order valence-corrected chi connectivity index (χ0v) is 17.9. The van der Waals surface area contributed by atoms with E-state index in [0.29, 0.717) is 18.0 Å². The van der Waals surface area contributed by atoms with Gasteiger partial charge < -0.3 is 15.5 Å². The Labute approximate surface area is 181 Å². The number of carbonyl (C=O) groups excluding carboxylic acids is 3. The second kappa shape index (κ2) is 9.76. The number of likely N-dealkylation sites (tertiary alicyclic amines) is 1. The van der Waals surface area contributed by atoms with Crippen molar-refractivity contribution in [3.05, 3.63) is 64.7 Å². The summed E-state index contributed by atoms with van der Waals surface area (Å²) in [6, 6.07) is 14.3. The number of benzene rings is 2. The van der Waals surface area contributed by atoms with Crippen LogP contribution in [0.4, 0.5) is 5.69 Å². The van der Waals surface area contributed by atoms with Crippen LogP contribution in [-0.2, 0) is 20.9 Å². The molecule has 3 rings (SSSR count). The van der Waals surface area contributed by atoms with Gasteiger partial charge in [0.15, 0.2) is 0 Å². The molecule has 0 aromatic heterocycles. The van der Waals surface area contributed by atoms with Gasteiger partial charge in [-0.05, 0) is 41.8 Å². The molecule has 2 unspecified atom stereocenters. The Kier molecular flexibility index (Phi) is 7.11. The van der Waals surface area contributed by atoms with Crippen LogP contribution in [0.5, 0.6) is 0 Å². The quantitative estimate of drug-likeness (QED) is 0.703. The first-order valence-corrected chi connectivity index (χ1v) is 10.4. The number of halogens is 1. The molecular formula is C23H26ClN3O3. The van der Waals surface area contributed by atoms with Crippen molar-refractivity contribution in [1.29, 1.82) is 0 Å². The van der Waals surface area contributed by atoms with Gasteiger partial charge >= 0.3 is 0 Å². The highest BCUT2D eigenvalue weighted by Crippen LogP contribution is 2.37. The lowest BCUT2D eigenvalue weighted by Crippen LogP contribution is -2.34. The first kappa shape index (κ1) is 21.8. The Morgan fingerprint density at radius 1 is 1.17 bits per heavy atom. The molecule has 3 amide bonds. The van der Waals surface area contributed by atoms with Crippen LogP contribution in [-0.4, -0.2) is 29.7 Å². The van der Waals surface area contributed by atoms with Crippen molar-refractivity contribution < 1.29 is 14.4 Å². The Balaban J connectivity index is 1.63. The Bertz CT molecular complexity index is 930. The highest BCUT2D eigenvalue weighted by atomic mass is 35.5. The molecule has 0 aliphatic carbocycles. The summed E-state index contributed by atoms with van der Waals surface area (Å²) in [6.07, 6.45) is 1.45. The van der Waals surface area contributed by atoms with E-state index < -0.39 is 5.92 Å². The molecule has 2 N–H and O–H groups in total. The zero-order chi connectivity index (χ0) is 21.7. The Morgan fingerprint density at radius 2 is 1.90 bits per heavy atom. The number of nitrogens with one attached hydrogen (secondary N) is 2. The summed E-state index contributed by atoms with van der Waals surface area (Å²) in [5, 5.41) is 6.35. The summed E-state index contributed by atoms with van der Waals surface area (Å²) in [6.45, 7) is 2.30. The molecule has 1 saturated heterocycles. The van der Waals surface area contributed by atoms with Crippen LogP contribution in [0.2, 0.25) is 5.02 Å². The minimum absolute atomic E-state index is 0.0133. The van der Waals surface area contributed by atoms with E-state index in [2.05, 4.69) is 10.6 Å². The first-order chi connectivity index (χ1) is 14.4. The van der Waals surface area contributed by atoms with Crippen LogP contribution < -0.4 is 10.6 Å². The molecule has 2 aromatic rings. The SMILES string of the molecule is CCCC(=O)Nc1ccc(CNC(=O)C2CC(=O)N(C)C2c2cccc(Cl)c2)cc1. The fraction of sp³-hybridized carbons (Fsp3) is 0.348. The third-order valence-electron chi connectivity index (χ3n) is 5.29. The maximum Gasteiger partial charge on any atom is 0.226 e. The van der Waals surface area contributed by atoms with Gasteiger partial charge in [0.05, 0.1) is 12.0 Å². The smallest absolute Gasteiger partial charge is 0.226 e. The van der Waals surface area contributed by atoms with E-state index >= 15 is 0 Å². The normalized spacial score (nSPS) is 18.4. The van der Waals surface area contributed by atoms with E-state index in [1.807, 2.05) is 43.3 Å². The lowest BCUT2D eigenvalue weighted by molar-refractivity contribution is -0.128. The van der Waals surface area contributed by atoms with E-state index in [1.54, 1.807) is 24.1 Å². The molecule has 2 aromatic carbocycles. The molecule has 1 aliphatic rings. The number of nitrogens with zero attached hydrogens (tertiary/aromatic N) is 1. The largest absolute Gasteiger partial charge is 0.352 e. The van der Waals surface area contributed by atoms with Crippen molar-refractivity contribution in [1.82, 2.24) is 10.2 Å².